The third kappa shape index (κ3) is 5.43. The normalized spacial score (nSPS) is 12.4. The van der Waals surface area contributed by atoms with Crippen LogP contribution in [-0.2, 0) is 6.54 Å². The Kier molecular flexibility index (Phi) is 7.33. The lowest BCUT2D eigenvalue weighted by Crippen LogP contribution is -2.06. The molecule has 0 aliphatic heterocycles. The van der Waals surface area contributed by atoms with Gasteiger partial charge in [0.05, 0.1) is 6.54 Å². The van der Waals surface area contributed by atoms with E-state index in [1.54, 1.807) is 0 Å². The first kappa shape index (κ1) is 29.5. The Labute approximate surface area is 289 Å². The standard InChI is InChI=1S/C46H31N3O/c1-47-46(41-15-8-16-42-44(41)40-24-23-38(28-43(40)50-42)37-21-19-32-10-3-6-13-35(32)26-37)49-45(39-22-20-33-11-4-7-14-36(33)27-39)48-29-30-17-18-31-9-2-5-12-34(31)25-30/h2-28H,1,29H2. The highest BCUT2D eigenvalue weighted by molar-refractivity contribution is 6.22. The average Bonchev–Trinajstić information content (AvgIpc) is 3.56. The van der Waals surface area contributed by atoms with Crippen molar-refractivity contribution in [1.82, 2.24) is 0 Å². The summed E-state index contributed by atoms with van der Waals surface area (Å²) in [5.41, 5.74) is 6.67. The molecule has 0 N–H and O–H groups in total. The summed E-state index contributed by atoms with van der Waals surface area (Å²) in [5.74, 6) is 1.08. The molecule has 0 fully saturated rings. The smallest absolute Gasteiger partial charge is 0.161 e. The third-order valence-corrected chi connectivity index (χ3v) is 9.42. The highest BCUT2D eigenvalue weighted by atomic mass is 16.3. The van der Waals surface area contributed by atoms with Crippen LogP contribution in [0.15, 0.2) is 183 Å². The van der Waals surface area contributed by atoms with E-state index in [1.807, 2.05) is 24.3 Å². The molecule has 0 saturated carbocycles. The maximum Gasteiger partial charge on any atom is 0.161 e. The minimum absolute atomic E-state index is 0.470. The molecule has 0 spiro atoms. The van der Waals surface area contributed by atoms with Crippen molar-refractivity contribution in [1.29, 1.82) is 0 Å². The van der Waals surface area contributed by atoms with E-state index in [0.29, 0.717) is 18.2 Å². The van der Waals surface area contributed by atoms with Gasteiger partial charge in [-0.3, -0.25) is 4.99 Å². The first-order chi connectivity index (χ1) is 24.7. The van der Waals surface area contributed by atoms with Crippen LogP contribution in [0.5, 0.6) is 0 Å². The second-order valence-electron chi connectivity index (χ2n) is 12.5. The number of hydrogen-bond acceptors (Lipinski definition) is 2. The Balaban J connectivity index is 1.16. The number of amidine groups is 2. The van der Waals surface area contributed by atoms with Crippen molar-refractivity contribution < 1.29 is 4.42 Å². The summed E-state index contributed by atoms with van der Waals surface area (Å²) in [6.45, 7) is 4.44. The number of rotatable bonds is 5. The Morgan fingerprint density at radius 2 is 1.12 bits per heavy atom. The van der Waals surface area contributed by atoms with Crippen LogP contribution in [0.4, 0.5) is 0 Å². The molecule has 9 aromatic rings. The molecule has 0 aliphatic carbocycles. The molecule has 4 heteroatoms. The second-order valence-corrected chi connectivity index (χ2v) is 12.5. The van der Waals surface area contributed by atoms with Gasteiger partial charge in [0.15, 0.2) is 11.7 Å². The highest BCUT2D eigenvalue weighted by Crippen LogP contribution is 2.35. The molecular weight excluding hydrogens is 611 g/mol. The van der Waals surface area contributed by atoms with E-state index in [4.69, 9.17) is 14.4 Å². The van der Waals surface area contributed by atoms with Crippen molar-refractivity contribution in [3.05, 3.63) is 180 Å². The van der Waals surface area contributed by atoms with E-state index in [1.165, 1.54) is 21.5 Å². The maximum atomic E-state index is 6.47. The van der Waals surface area contributed by atoms with Crippen LogP contribution < -0.4 is 0 Å². The van der Waals surface area contributed by atoms with E-state index in [9.17, 15) is 0 Å². The molecule has 236 valence electrons. The molecule has 0 saturated heterocycles. The van der Waals surface area contributed by atoms with E-state index < -0.39 is 0 Å². The van der Waals surface area contributed by atoms with Gasteiger partial charge in [0, 0.05) is 21.9 Å². The van der Waals surface area contributed by atoms with Crippen molar-refractivity contribution in [3.63, 3.8) is 0 Å². The van der Waals surface area contributed by atoms with Gasteiger partial charge < -0.3 is 4.42 Å². The van der Waals surface area contributed by atoms with Gasteiger partial charge in [0.25, 0.3) is 0 Å². The van der Waals surface area contributed by atoms with E-state index in [0.717, 1.165) is 60.5 Å². The van der Waals surface area contributed by atoms with E-state index >= 15 is 0 Å². The first-order valence-electron chi connectivity index (χ1n) is 16.7. The van der Waals surface area contributed by atoms with E-state index in [-0.39, 0.29) is 0 Å². The molecule has 0 unspecified atom stereocenters. The molecular formula is C46H31N3O. The summed E-state index contributed by atoms with van der Waals surface area (Å²) < 4.78 is 6.47. The number of fused-ring (bicyclic) bond motifs is 6. The molecule has 1 aromatic heterocycles. The van der Waals surface area contributed by atoms with Crippen molar-refractivity contribution in [2.75, 3.05) is 0 Å². The number of nitrogens with zero attached hydrogens (tertiary/aromatic N) is 3. The van der Waals surface area contributed by atoms with Crippen molar-refractivity contribution in [2.45, 2.75) is 6.54 Å². The van der Waals surface area contributed by atoms with Crippen LogP contribution >= 0.6 is 0 Å². The highest BCUT2D eigenvalue weighted by Gasteiger charge is 2.17. The lowest BCUT2D eigenvalue weighted by atomic mass is 9.99. The molecule has 0 radical (unpaired) electrons. The number of aliphatic imine (C=N–C) groups is 3. The largest absolute Gasteiger partial charge is 0.456 e. The van der Waals surface area contributed by atoms with Crippen LogP contribution in [0.1, 0.15) is 16.7 Å². The van der Waals surface area contributed by atoms with Crippen LogP contribution in [0.25, 0.3) is 65.4 Å². The second kappa shape index (κ2) is 12.4. The lowest BCUT2D eigenvalue weighted by molar-refractivity contribution is 0.669. The molecule has 0 bridgehead atoms. The van der Waals surface area contributed by atoms with Crippen LogP contribution in [0, 0.1) is 0 Å². The molecule has 50 heavy (non-hydrogen) atoms. The summed E-state index contributed by atoms with van der Waals surface area (Å²) in [6.07, 6.45) is 0. The zero-order valence-corrected chi connectivity index (χ0v) is 27.3. The molecule has 0 aliphatic rings. The summed E-state index contributed by atoms with van der Waals surface area (Å²) in [4.78, 5) is 14.7. The van der Waals surface area contributed by atoms with Crippen LogP contribution in [0.2, 0.25) is 0 Å². The summed E-state index contributed by atoms with van der Waals surface area (Å²) in [5, 5.41) is 9.05. The Morgan fingerprint density at radius 1 is 0.500 bits per heavy atom. The van der Waals surface area contributed by atoms with Gasteiger partial charge in [0.1, 0.15) is 11.2 Å². The summed E-state index contributed by atoms with van der Waals surface area (Å²) in [7, 11) is 0. The average molecular weight is 642 g/mol. The quantitative estimate of drug-likeness (QED) is 0.136. The van der Waals surface area contributed by atoms with E-state index in [2.05, 4.69) is 151 Å². The molecule has 0 amide bonds. The fourth-order valence-corrected chi connectivity index (χ4v) is 6.86. The minimum atomic E-state index is 0.470. The van der Waals surface area contributed by atoms with Crippen LogP contribution in [0.3, 0.4) is 0 Å². The number of benzene rings is 8. The van der Waals surface area contributed by atoms with Gasteiger partial charge in [-0.05, 0) is 92.1 Å². The molecule has 1 heterocycles. The fourth-order valence-electron chi connectivity index (χ4n) is 6.86. The number of furan rings is 1. The maximum absolute atomic E-state index is 6.47. The Hall–Kier alpha value is -6.65. The monoisotopic (exact) mass is 641 g/mol. The first-order valence-corrected chi connectivity index (χ1v) is 16.7. The van der Waals surface area contributed by atoms with Gasteiger partial charge >= 0.3 is 0 Å². The summed E-state index contributed by atoms with van der Waals surface area (Å²) in [6, 6.07) is 56.9. The summed E-state index contributed by atoms with van der Waals surface area (Å²) >= 11 is 0. The molecule has 4 nitrogen and oxygen atoms in total. The molecule has 8 aromatic carbocycles. The van der Waals surface area contributed by atoms with Crippen LogP contribution in [-0.4, -0.2) is 18.4 Å². The third-order valence-electron chi connectivity index (χ3n) is 9.42. The predicted molar refractivity (Wildman–Crippen MR) is 211 cm³/mol. The Morgan fingerprint density at radius 3 is 1.86 bits per heavy atom. The zero-order chi connectivity index (χ0) is 33.4. The van der Waals surface area contributed by atoms with Crippen molar-refractivity contribution in [2.24, 2.45) is 15.0 Å². The zero-order valence-electron chi connectivity index (χ0n) is 27.3. The van der Waals surface area contributed by atoms with Gasteiger partial charge in [0.2, 0.25) is 0 Å². The lowest BCUT2D eigenvalue weighted by Gasteiger charge is -2.09. The molecule has 9 rings (SSSR count). The SMILES string of the molecule is C=NC(=NC(=NCc1ccc2ccccc2c1)c1ccc2ccccc2c1)c1cccc2oc3cc(-c4ccc5ccccc5c4)ccc3c12. The molecule has 0 atom stereocenters. The predicted octanol–water partition coefficient (Wildman–Crippen LogP) is 11.8. The van der Waals surface area contributed by atoms with Gasteiger partial charge in [-0.2, -0.15) is 0 Å². The Bertz CT molecular complexity index is 2820. The van der Waals surface area contributed by atoms with Gasteiger partial charge in [-0.25, -0.2) is 9.98 Å². The van der Waals surface area contributed by atoms with Crippen molar-refractivity contribution in [3.8, 4) is 11.1 Å². The minimum Gasteiger partial charge on any atom is -0.456 e. The number of hydrogen-bond donors (Lipinski definition) is 0. The topological polar surface area (TPSA) is 50.2 Å². The van der Waals surface area contributed by atoms with Gasteiger partial charge in [-0.1, -0.05) is 127 Å². The van der Waals surface area contributed by atoms with Gasteiger partial charge in [-0.15, -0.1) is 0 Å². The van der Waals surface area contributed by atoms with Crippen molar-refractivity contribution >= 4 is 72.6 Å². The fraction of sp³-hybridized carbons (Fsp3) is 0.0217.